The van der Waals surface area contributed by atoms with E-state index < -0.39 is 0 Å². The molecular formula is C20H12FN3O. The summed E-state index contributed by atoms with van der Waals surface area (Å²) >= 11 is 0. The molecule has 0 aliphatic heterocycles. The number of H-pyrrole nitrogens is 1. The number of benzene rings is 2. The van der Waals surface area contributed by atoms with Gasteiger partial charge in [0.05, 0.1) is 16.6 Å². The second-order valence-electron chi connectivity index (χ2n) is 5.48. The maximum Gasteiger partial charge on any atom is 0.149 e. The van der Waals surface area contributed by atoms with Gasteiger partial charge in [-0.3, -0.25) is 0 Å². The summed E-state index contributed by atoms with van der Waals surface area (Å²) in [6.07, 6.45) is 1.63. The van der Waals surface area contributed by atoms with E-state index in [1.165, 1.54) is 12.1 Å². The Hall–Kier alpha value is -3.65. The van der Waals surface area contributed by atoms with Gasteiger partial charge < -0.3 is 9.40 Å². The van der Waals surface area contributed by atoms with Gasteiger partial charge in [-0.25, -0.2) is 9.37 Å². The SMILES string of the molecule is N#C/C(=C/c1ccc(-c2ccc(F)cc2)o1)c1nc2ccccc2[nH]1. The summed E-state index contributed by atoms with van der Waals surface area (Å²) in [5.74, 6) is 1.32. The number of imidazole rings is 1. The van der Waals surface area contributed by atoms with Gasteiger partial charge in [0, 0.05) is 11.6 Å². The molecule has 4 nitrogen and oxygen atoms in total. The van der Waals surface area contributed by atoms with E-state index >= 15 is 0 Å². The van der Waals surface area contributed by atoms with E-state index in [4.69, 9.17) is 4.42 Å². The molecule has 2 heterocycles. The highest BCUT2D eigenvalue weighted by atomic mass is 19.1. The van der Waals surface area contributed by atoms with Gasteiger partial charge in [-0.15, -0.1) is 0 Å². The summed E-state index contributed by atoms with van der Waals surface area (Å²) in [5, 5.41) is 9.46. The van der Waals surface area contributed by atoms with Gasteiger partial charge in [0.25, 0.3) is 0 Å². The van der Waals surface area contributed by atoms with Crippen LogP contribution in [-0.2, 0) is 0 Å². The molecular weight excluding hydrogens is 317 g/mol. The highest BCUT2D eigenvalue weighted by molar-refractivity contribution is 5.89. The summed E-state index contributed by atoms with van der Waals surface area (Å²) in [4.78, 5) is 7.55. The van der Waals surface area contributed by atoms with Crippen LogP contribution in [0.1, 0.15) is 11.6 Å². The number of rotatable bonds is 3. The number of aromatic nitrogens is 2. The van der Waals surface area contributed by atoms with Crippen molar-refractivity contribution < 1.29 is 8.81 Å². The number of fused-ring (bicyclic) bond motifs is 1. The number of nitrogens with zero attached hydrogens (tertiary/aromatic N) is 2. The first kappa shape index (κ1) is 14.9. The molecule has 0 amide bonds. The molecule has 0 fully saturated rings. The zero-order valence-electron chi connectivity index (χ0n) is 13.0. The molecule has 0 saturated heterocycles. The quantitative estimate of drug-likeness (QED) is 0.536. The topological polar surface area (TPSA) is 65.6 Å². The standard InChI is InChI=1S/C20H12FN3O/c21-15-7-5-13(6-8-15)19-10-9-16(25-19)11-14(12-22)20-23-17-3-1-2-4-18(17)24-20/h1-11H,(H,23,24)/b14-11-. The number of para-hydroxylation sites is 2. The fraction of sp³-hybridized carbons (Fsp3) is 0. The van der Waals surface area contributed by atoms with Crippen molar-refractivity contribution in [2.75, 3.05) is 0 Å². The van der Waals surface area contributed by atoms with E-state index in [1.54, 1.807) is 30.3 Å². The monoisotopic (exact) mass is 329 g/mol. The van der Waals surface area contributed by atoms with Gasteiger partial charge in [0.15, 0.2) is 0 Å². The molecule has 0 saturated carbocycles. The third-order valence-electron chi connectivity index (χ3n) is 3.81. The molecule has 0 radical (unpaired) electrons. The Morgan fingerprint density at radius 2 is 1.88 bits per heavy atom. The minimum absolute atomic E-state index is 0.299. The predicted octanol–water partition coefficient (Wildman–Crippen LogP) is 5.03. The van der Waals surface area contributed by atoms with Crippen LogP contribution in [0.4, 0.5) is 4.39 Å². The smallest absolute Gasteiger partial charge is 0.149 e. The average molecular weight is 329 g/mol. The Morgan fingerprint density at radius 1 is 1.08 bits per heavy atom. The molecule has 0 atom stereocenters. The van der Waals surface area contributed by atoms with Crippen LogP contribution in [0.3, 0.4) is 0 Å². The van der Waals surface area contributed by atoms with Gasteiger partial charge in [-0.05, 0) is 48.5 Å². The molecule has 0 unspecified atom stereocenters. The van der Waals surface area contributed by atoms with Crippen LogP contribution in [0.15, 0.2) is 65.1 Å². The molecule has 2 aromatic heterocycles. The van der Waals surface area contributed by atoms with Crippen molar-refractivity contribution in [1.29, 1.82) is 5.26 Å². The van der Waals surface area contributed by atoms with Crippen LogP contribution in [-0.4, -0.2) is 9.97 Å². The lowest BCUT2D eigenvalue weighted by atomic mass is 10.2. The fourth-order valence-corrected chi connectivity index (χ4v) is 2.58. The number of halogens is 1. The Balaban J connectivity index is 1.69. The molecule has 0 aliphatic rings. The van der Waals surface area contributed by atoms with E-state index in [2.05, 4.69) is 16.0 Å². The Bertz CT molecular complexity index is 1080. The van der Waals surface area contributed by atoms with E-state index in [0.717, 1.165) is 16.6 Å². The molecule has 120 valence electrons. The Kier molecular flexibility index (Phi) is 3.64. The van der Waals surface area contributed by atoms with E-state index in [1.807, 2.05) is 24.3 Å². The zero-order valence-corrected chi connectivity index (χ0v) is 13.0. The van der Waals surface area contributed by atoms with E-state index in [9.17, 15) is 9.65 Å². The predicted molar refractivity (Wildman–Crippen MR) is 93.7 cm³/mol. The van der Waals surface area contributed by atoms with Gasteiger partial charge in [0.1, 0.15) is 29.2 Å². The summed E-state index contributed by atoms with van der Waals surface area (Å²) in [6.45, 7) is 0. The fourth-order valence-electron chi connectivity index (χ4n) is 2.58. The maximum atomic E-state index is 13.0. The van der Waals surface area contributed by atoms with Crippen LogP contribution >= 0.6 is 0 Å². The lowest BCUT2D eigenvalue weighted by Crippen LogP contribution is -1.84. The van der Waals surface area contributed by atoms with Crippen molar-refractivity contribution >= 4 is 22.7 Å². The zero-order chi connectivity index (χ0) is 17.2. The van der Waals surface area contributed by atoms with Gasteiger partial charge in [-0.2, -0.15) is 5.26 Å². The van der Waals surface area contributed by atoms with Crippen LogP contribution < -0.4 is 0 Å². The molecule has 4 rings (SSSR count). The summed E-state index contributed by atoms with van der Waals surface area (Å²) in [6, 6.07) is 19.3. The number of furan rings is 1. The lowest BCUT2D eigenvalue weighted by molar-refractivity contribution is 0.571. The molecule has 0 aliphatic carbocycles. The Labute approximate surface area is 142 Å². The number of aromatic amines is 1. The van der Waals surface area contributed by atoms with Crippen LogP contribution in [0.2, 0.25) is 0 Å². The minimum atomic E-state index is -0.299. The van der Waals surface area contributed by atoms with E-state index in [-0.39, 0.29) is 5.82 Å². The van der Waals surface area contributed by atoms with Crippen LogP contribution in [0.5, 0.6) is 0 Å². The van der Waals surface area contributed by atoms with Gasteiger partial charge >= 0.3 is 0 Å². The number of hydrogen-bond acceptors (Lipinski definition) is 3. The Morgan fingerprint density at radius 3 is 2.64 bits per heavy atom. The second kappa shape index (κ2) is 6.10. The van der Waals surface area contributed by atoms with Crippen molar-refractivity contribution in [3.05, 3.63) is 78.1 Å². The van der Waals surface area contributed by atoms with Crippen molar-refractivity contribution in [3.63, 3.8) is 0 Å². The summed E-state index contributed by atoms with van der Waals surface area (Å²) in [5.41, 5.74) is 2.80. The third kappa shape index (κ3) is 2.93. The summed E-state index contributed by atoms with van der Waals surface area (Å²) in [7, 11) is 0. The minimum Gasteiger partial charge on any atom is -0.457 e. The maximum absolute atomic E-state index is 13.0. The molecule has 4 aromatic rings. The molecule has 0 spiro atoms. The highest BCUT2D eigenvalue weighted by Gasteiger charge is 2.10. The average Bonchev–Trinajstić information content (AvgIpc) is 3.27. The second-order valence-corrected chi connectivity index (χ2v) is 5.48. The molecule has 0 bridgehead atoms. The van der Waals surface area contributed by atoms with Crippen molar-refractivity contribution in [3.8, 4) is 17.4 Å². The van der Waals surface area contributed by atoms with Crippen LogP contribution in [0.25, 0.3) is 34.0 Å². The number of allylic oxidation sites excluding steroid dienone is 1. The van der Waals surface area contributed by atoms with Gasteiger partial charge in [-0.1, -0.05) is 12.1 Å². The van der Waals surface area contributed by atoms with Gasteiger partial charge in [0.2, 0.25) is 0 Å². The van der Waals surface area contributed by atoms with Crippen LogP contribution in [0, 0.1) is 17.1 Å². The summed E-state index contributed by atoms with van der Waals surface area (Å²) < 4.78 is 18.8. The third-order valence-corrected chi connectivity index (χ3v) is 3.81. The molecule has 1 N–H and O–H groups in total. The number of nitrogens with one attached hydrogen (secondary N) is 1. The first-order chi connectivity index (χ1) is 12.2. The first-order valence-corrected chi connectivity index (χ1v) is 7.65. The molecule has 25 heavy (non-hydrogen) atoms. The van der Waals surface area contributed by atoms with Crippen molar-refractivity contribution in [2.24, 2.45) is 0 Å². The number of hydrogen-bond donors (Lipinski definition) is 1. The lowest BCUT2D eigenvalue weighted by Gasteiger charge is -1.96. The largest absolute Gasteiger partial charge is 0.457 e. The number of nitriles is 1. The normalized spacial score (nSPS) is 11.6. The highest BCUT2D eigenvalue weighted by Crippen LogP contribution is 2.25. The molecule has 5 heteroatoms. The van der Waals surface area contributed by atoms with Crippen molar-refractivity contribution in [1.82, 2.24) is 9.97 Å². The molecule has 2 aromatic carbocycles. The van der Waals surface area contributed by atoms with E-state index in [0.29, 0.717) is 22.9 Å². The van der Waals surface area contributed by atoms with Crippen molar-refractivity contribution in [2.45, 2.75) is 0 Å². The first-order valence-electron chi connectivity index (χ1n) is 7.65.